The number of benzene rings is 3. The first-order chi connectivity index (χ1) is 18.7. The van der Waals surface area contributed by atoms with Gasteiger partial charge in [0.25, 0.3) is 0 Å². The first kappa shape index (κ1) is 25.5. The van der Waals surface area contributed by atoms with E-state index in [4.69, 9.17) is 20.3 Å². The molecule has 0 saturated heterocycles. The highest BCUT2D eigenvalue weighted by Gasteiger charge is 2.21. The van der Waals surface area contributed by atoms with E-state index in [0.717, 1.165) is 18.2 Å². The number of nitrogen functional groups attached to an aromatic ring is 1. The van der Waals surface area contributed by atoms with Gasteiger partial charge in [-0.25, -0.2) is 23.1 Å². The summed E-state index contributed by atoms with van der Waals surface area (Å²) in [7, 11) is 1.37. The highest BCUT2D eigenvalue weighted by atomic mass is 19.1. The van der Waals surface area contributed by atoms with Gasteiger partial charge in [0.2, 0.25) is 5.43 Å². The van der Waals surface area contributed by atoms with Crippen molar-refractivity contribution in [3.8, 4) is 16.9 Å². The van der Waals surface area contributed by atoms with Gasteiger partial charge in [0.1, 0.15) is 52.5 Å². The van der Waals surface area contributed by atoms with Gasteiger partial charge in [0.05, 0.1) is 35.9 Å². The Balaban J connectivity index is 1.59. The van der Waals surface area contributed by atoms with E-state index in [2.05, 4.69) is 15.3 Å². The molecule has 0 fully saturated rings. The van der Waals surface area contributed by atoms with Crippen LogP contribution < -0.4 is 21.2 Å². The highest BCUT2D eigenvalue weighted by Crippen LogP contribution is 2.29. The molecule has 0 unspecified atom stereocenters. The van der Waals surface area contributed by atoms with E-state index in [9.17, 15) is 18.0 Å². The lowest BCUT2D eigenvalue weighted by molar-refractivity contribution is 0.411. The van der Waals surface area contributed by atoms with Gasteiger partial charge >= 0.3 is 0 Å². The van der Waals surface area contributed by atoms with Crippen molar-refractivity contribution in [2.75, 3.05) is 18.2 Å². The molecule has 0 aliphatic rings. The average molecular weight is 531 g/mol. The summed E-state index contributed by atoms with van der Waals surface area (Å²) in [6.45, 7) is -0.155. The maximum absolute atomic E-state index is 14.1. The molecule has 0 amide bonds. The Morgan fingerprint density at radius 2 is 1.82 bits per heavy atom. The third kappa shape index (κ3) is 5.01. The Morgan fingerprint density at radius 3 is 2.59 bits per heavy atom. The Morgan fingerprint density at radius 1 is 1.03 bits per heavy atom. The molecule has 5 rings (SSSR count). The molecule has 39 heavy (non-hydrogen) atoms. The maximum atomic E-state index is 14.1. The summed E-state index contributed by atoms with van der Waals surface area (Å²) in [6.07, 6.45) is 1.17. The second-order valence-electron chi connectivity index (χ2n) is 8.47. The van der Waals surface area contributed by atoms with Crippen LogP contribution in [0.25, 0.3) is 22.1 Å². The van der Waals surface area contributed by atoms with Crippen molar-refractivity contribution in [2.45, 2.75) is 6.54 Å². The molecule has 5 aromatic rings. The summed E-state index contributed by atoms with van der Waals surface area (Å²) >= 11 is 0. The number of nitrogens with one attached hydrogen (secondary N) is 2. The van der Waals surface area contributed by atoms with E-state index < -0.39 is 22.9 Å². The van der Waals surface area contributed by atoms with Crippen LogP contribution in [-0.4, -0.2) is 22.8 Å². The number of nitrogens with zero attached hydrogens (tertiary/aromatic N) is 2. The van der Waals surface area contributed by atoms with Crippen molar-refractivity contribution >= 4 is 28.3 Å². The third-order valence-electron chi connectivity index (χ3n) is 5.98. The molecule has 196 valence electrons. The summed E-state index contributed by atoms with van der Waals surface area (Å²) in [5.41, 5.74) is 5.95. The van der Waals surface area contributed by atoms with Gasteiger partial charge in [-0.2, -0.15) is 0 Å². The van der Waals surface area contributed by atoms with Crippen molar-refractivity contribution in [3.63, 3.8) is 0 Å². The van der Waals surface area contributed by atoms with Crippen LogP contribution in [0.15, 0.2) is 76.2 Å². The van der Waals surface area contributed by atoms with E-state index >= 15 is 0 Å². The minimum absolute atomic E-state index is 0.00758. The van der Waals surface area contributed by atoms with Crippen LogP contribution in [0, 0.1) is 22.9 Å². The third-order valence-corrected chi connectivity index (χ3v) is 5.98. The summed E-state index contributed by atoms with van der Waals surface area (Å²) in [4.78, 5) is 21.6. The second-order valence-corrected chi connectivity index (χ2v) is 8.47. The Labute approximate surface area is 219 Å². The zero-order valence-electron chi connectivity index (χ0n) is 20.4. The topological polar surface area (TPSA) is 127 Å². The monoisotopic (exact) mass is 531 g/mol. The van der Waals surface area contributed by atoms with Gasteiger partial charge in [0, 0.05) is 11.6 Å². The number of nitrogens with two attached hydrogens (primary N) is 1. The number of rotatable bonds is 7. The van der Waals surface area contributed by atoms with E-state index in [1.165, 1.54) is 55.9 Å². The molecule has 0 aliphatic carbocycles. The van der Waals surface area contributed by atoms with Crippen LogP contribution in [0.3, 0.4) is 0 Å². The van der Waals surface area contributed by atoms with Gasteiger partial charge in [0.15, 0.2) is 0 Å². The number of anilines is 2. The number of hydrogen-bond acceptors (Lipinski definition) is 8. The molecule has 2 aromatic heterocycles. The van der Waals surface area contributed by atoms with Crippen molar-refractivity contribution in [3.05, 3.63) is 112 Å². The first-order valence-corrected chi connectivity index (χ1v) is 11.5. The molecule has 0 bridgehead atoms. The summed E-state index contributed by atoms with van der Waals surface area (Å²) in [6, 6.07) is 12.7. The molecule has 8 nitrogen and oxygen atoms in total. The van der Waals surface area contributed by atoms with Crippen LogP contribution in [0.5, 0.6) is 5.75 Å². The number of hydrogen-bond donors (Lipinski definition) is 3. The van der Waals surface area contributed by atoms with Gasteiger partial charge in [-0.05, 0) is 48.0 Å². The van der Waals surface area contributed by atoms with Crippen LogP contribution in [0.1, 0.15) is 16.9 Å². The molecular formula is C28H20F3N5O3. The summed E-state index contributed by atoms with van der Waals surface area (Å²) in [5.74, 6) is -1.47. The lowest BCUT2D eigenvalue weighted by Crippen LogP contribution is -2.16. The molecule has 4 N–H and O–H groups in total. The Kier molecular flexibility index (Phi) is 6.72. The van der Waals surface area contributed by atoms with E-state index in [-0.39, 0.29) is 68.6 Å². The van der Waals surface area contributed by atoms with Crippen LogP contribution in [-0.2, 0) is 6.54 Å². The van der Waals surface area contributed by atoms with Crippen molar-refractivity contribution < 1.29 is 22.3 Å². The molecule has 0 atom stereocenters. The zero-order chi connectivity index (χ0) is 27.7. The standard InChI is InChI=1S/C28H20F3N5O3/c1-38-19-9-15(8-18(31)10-19)25(32)24-27(33)35-13-36-28(24)34-12-22-23(14-3-2-4-16(29)7-14)26(37)20-11-17(30)5-6-21(20)39-22/h2-11,13,32H,12H2,1H3,(H3,33,34,35,36). The minimum Gasteiger partial charge on any atom is -0.497 e. The fraction of sp³-hybridized carbons (Fsp3) is 0.0714. The number of methoxy groups -OCH3 is 1. The molecule has 0 radical (unpaired) electrons. The molecule has 11 heteroatoms. The zero-order valence-corrected chi connectivity index (χ0v) is 20.4. The number of halogens is 3. The van der Waals surface area contributed by atoms with Gasteiger partial charge in [-0.1, -0.05) is 12.1 Å². The smallest absolute Gasteiger partial charge is 0.200 e. The van der Waals surface area contributed by atoms with Crippen molar-refractivity contribution in [2.24, 2.45) is 0 Å². The minimum atomic E-state index is -0.625. The van der Waals surface area contributed by atoms with Crippen LogP contribution >= 0.6 is 0 Å². The van der Waals surface area contributed by atoms with Gasteiger partial charge < -0.3 is 20.2 Å². The van der Waals surface area contributed by atoms with Gasteiger partial charge in [-0.15, -0.1) is 0 Å². The molecule has 3 aromatic carbocycles. The molecule has 0 aliphatic heterocycles. The van der Waals surface area contributed by atoms with Gasteiger partial charge in [-0.3, -0.25) is 10.2 Å². The molecule has 2 heterocycles. The predicted octanol–water partition coefficient (Wildman–Crippen LogP) is 5.29. The first-order valence-electron chi connectivity index (χ1n) is 11.5. The lowest BCUT2D eigenvalue weighted by Gasteiger charge is -2.15. The number of fused-ring (bicyclic) bond motifs is 1. The fourth-order valence-electron chi connectivity index (χ4n) is 4.19. The van der Waals surface area contributed by atoms with E-state index in [1.807, 2.05) is 0 Å². The van der Waals surface area contributed by atoms with Crippen molar-refractivity contribution in [1.82, 2.24) is 9.97 Å². The number of aromatic nitrogens is 2. The highest BCUT2D eigenvalue weighted by molar-refractivity contribution is 6.16. The van der Waals surface area contributed by atoms with E-state index in [0.29, 0.717) is 0 Å². The van der Waals surface area contributed by atoms with Crippen LogP contribution in [0.4, 0.5) is 24.8 Å². The molecule has 0 saturated carbocycles. The maximum Gasteiger partial charge on any atom is 0.200 e. The largest absolute Gasteiger partial charge is 0.497 e. The molecular weight excluding hydrogens is 511 g/mol. The SMILES string of the molecule is COc1cc(F)cc(C(=N)c2c(N)ncnc2NCc2oc3ccc(F)cc3c(=O)c2-c2cccc(F)c2)c1. The molecule has 0 spiro atoms. The quantitative estimate of drug-likeness (QED) is 0.244. The fourth-order valence-corrected chi connectivity index (χ4v) is 4.19. The number of ether oxygens (including phenoxy) is 1. The summed E-state index contributed by atoms with van der Waals surface area (Å²) < 4.78 is 53.2. The normalized spacial score (nSPS) is 11.0. The van der Waals surface area contributed by atoms with E-state index in [1.54, 1.807) is 0 Å². The Bertz CT molecular complexity index is 1810. The Hall–Kier alpha value is -5.19. The second kappa shape index (κ2) is 10.3. The summed E-state index contributed by atoms with van der Waals surface area (Å²) in [5, 5.41) is 11.7. The lowest BCUT2D eigenvalue weighted by atomic mass is 10.0. The van der Waals surface area contributed by atoms with Crippen LogP contribution in [0.2, 0.25) is 0 Å². The van der Waals surface area contributed by atoms with Crippen molar-refractivity contribution in [1.29, 1.82) is 5.41 Å². The average Bonchev–Trinajstić information content (AvgIpc) is 2.91. The predicted molar refractivity (Wildman–Crippen MR) is 140 cm³/mol.